The van der Waals surface area contributed by atoms with Gasteiger partial charge in [0.25, 0.3) is 5.91 Å². The fourth-order valence-electron chi connectivity index (χ4n) is 3.18. The fraction of sp³-hybridized carbons (Fsp3) is 0.529. The molecule has 2 aliphatic heterocycles. The quantitative estimate of drug-likeness (QED) is 0.842. The van der Waals surface area contributed by atoms with Crippen molar-refractivity contribution < 1.29 is 14.0 Å². The highest BCUT2D eigenvalue weighted by atomic mass is 19.1. The first-order valence-electron chi connectivity index (χ1n) is 7.82. The van der Waals surface area contributed by atoms with E-state index >= 15 is 0 Å². The lowest BCUT2D eigenvalue weighted by Gasteiger charge is -2.37. The highest BCUT2D eigenvalue weighted by molar-refractivity contribution is 6.05. The highest BCUT2D eigenvalue weighted by Crippen LogP contribution is 2.31. The Morgan fingerprint density at radius 2 is 2.27 bits per heavy atom. The van der Waals surface area contributed by atoms with E-state index in [4.69, 9.17) is 4.84 Å². The summed E-state index contributed by atoms with van der Waals surface area (Å²) in [5, 5.41) is 4.04. The molecule has 1 fully saturated rings. The lowest BCUT2D eigenvalue weighted by Crippen LogP contribution is -2.52. The molecule has 4 nitrogen and oxygen atoms in total. The minimum absolute atomic E-state index is 0.0187. The van der Waals surface area contributed by atoms with Gasteiger partial charge in [-0.3, -0.25) is 4.79 Å². The van der Waals surface area contributed by atoms with Crippen LogP contribution in [-0.4, -0.2) is 34.7 Å². The molecule has 0 saturated carbocycles. The van der Waals surface area contributed by atoms with Crippen LogP contribution < -0.4 is 0 Å². The van der Waals surface area contributed by atoms with E-state index < -0.39 is 5.60 Å². The van der Waals surface area contributed by atoms with Crippen molar-refractivity contribution in [2.45, 2.75) is 51.2 Å². The van der Waals surface area contributed by atoms with Crippen LogP contribution in [0.1, 0.15) is 45.1 Å². The first-order valence-corrected chi connectivity index (χ1v) is 7.82. The van der Waals surface area contributed by atoms with Crippen LogP contribution in [0.15, 0.2) is 29.4 Å². The Hall–Kier alpha value is -1.91. The molecule has 0 aliphatic carbocycles. The van der Waals surface area contributed by atoms with Gasteiger partial charge in [0.05, 0.1) is 5.71 Å². The zero-order valence-electron chi connectivity index (χ0n) is 13.0. The number of hydrogen-bond donors (Lipinski definition) is 0. The summed E-state index contributed by atoms with van der Waals surface area (Å²) in [7, 11) is 0. The molecule has 0 N–H and O–H groups in total. The van der Waals surface area contributed by atoms with Crippen molar-refractivity contribution in [3.8, 4) is 0 Å². The molecule has 1 amide bonds. The van der Waals surface area contributed by atoms with Gasteiger partial charge in [0, 0.05) is 24.6 Å². The summed E-state index contributed by atoms with van der Waals surface area (Å²) in [4.78, 5) is 20.2. The molecule has 5 heteroatoms. The summed E-state index contributed by atoms with van der Waals surface area (Å²) < 4.78 is 13.3. The largest absolute Gasteiger partial charge is 0.379 e. The Morgan fingerprint density at radius 1 is 1.45 bits per heavy atom. The standard InChI is InChI=1S/C17H21FN2O2/c1-12-6-3-4-9-20(12)16(21)17(2)11-15(19-22-17)13-7-5-8-14(18)10-13/h5,7-8,10,12H,3-4,6,9,11H2,1-2H3/t12-,17+/m1/s1. The normalized spacial score (nSPS) is 28.2. The van der Waals surface area contributed by atoms with Crippen LogP contribution in [0.3, 0.4) is 0 Å². The van der Waals surface area contributed by atoms with Gasteiger partial charge in [-0.15, -0.1) is 0 Å². The van der Waals surface area contributed by atoms with Crippen molar-refractivity contribution in [3.63, 3.8) is 0 Å². The van der Waals surface area contributed by atoms with E-state index in [1.807, 2.05) is 4.90 Å². The average Bonchev–Trinajstić information content (AvgIpc) is 2.91. The number of amides is 1. The van der Waals surface area contributed by atoms with Crippen molar-refractivity contribution >= 4 is 11.6 Å². The van der Waals surface area contributed by atoms with Gasteiger partial charge >= 0.3 is 0 Å². The lowest BCUT2D eigenvalue weighted by atomic mass is 9.92. The zero-order chi connectivity index (χ0) is 15.7. The number of rotatable bonds is 2. The van der Waals surface area contributed by atoms with Crippen molar-refractivity contribution in [3.05, 3.63) is 35.6 Å². The van der Waals surface area contributed by atoms with Gasteiger partial charge in [-0.25, -0.2) is 4.39 Å². The Morgan fingerprint density at radius 3 is 3.00 bits per heavy atom. The van der Waals surface area contributed by atoms with Gasteiger partial charge in [-0.1, -0.05) is 17.3 Å². The molecule has 118 valence electrons. The molecule has 2 aliphatic rings. The third kappa shape index (κ3) is 2.72. The Bertz CT molecular complexity index is 616. The predicted molar refractivity (Wildman–Crippen MR) is 82.1 cm³/mol. The van der Waals surface area contributed by atoms with Crippen molar-refractivity contribution in [2.75, 3.05) is 6.54 Å². The second-order valence-corrected chi connectivity index (χ2v) is 6.39. The maximum Gasteiger partial charge on any atom is 0.269 e. The van der Waals surface area contributed by atoms with E-state index in [2.05, 4.69) is 12.1 Å². The van der Waals surface area contributed by atoms with Crippen LogP contribution in [0.4, 0.5) is 4.39 Å². The van der Waals surface area contributed by atoms with Gasteiger partial charge < -0.3 is 9.74 Å². The molecule has 0 unspecified atom stereocenters. The Balaban J connectivity index is 1.75. The topological polar surface area (TPSA) is 41.9 Å². The molecule has 0 spiro atoms. The van der Waals surface area contributed by atoms with Crippen molar-refractivity contribution in [2.24, 2.45) is 5.16 Å². The number of benzene rings is 1. The summed E-state index contributed by atoms with van der Waals surface area (Å²) in [6.07, 6.45) is 3.59. The van der Waals surface area contributed by atoms with Gasteiger partial charge in [-0.2, -0.15) is 0 Å². The van der Waals surface area contributed by atoms with Gasteiger partial charge in [0.1, 0.15) is 5.82 Å². The maximum absolute atomic E-state index is 13.3. The van der Waals surface area contributed by atoms with Gasteiger partial charge in [0.15, 0.2) is 0 Å². The minimum Gasteiger partial charge on any atom is -0.379 e. The van der Waals surface area contributed by atoms with Crippen molar-refractivity contribution in [1.29, 1.82) is 0 Å². The van der Waals surface area contributed by atoms with Crippen LogP contribution >= 0.6 is 0 Å². The molecule has 0 bridgehead atoms. The second kappa shape index (κ2) is 5.71. The molecule has 2 atom stereocenters. The summed E-state index contributed by atoms with van der Waals surface area (Å²) >= 11 is 0. The van der Waals surface area contributed by atoms with E-state index in [1.165, 1.54) is 12.1 Å². The number of likely N-dealkylation sites (tertiary alicyclic amines) is 1. The highest BCUT2D eigenvalue weighted by Gasteiger charge is 2.45. The minimum atomic E-state index is -0.979. The molecule has 3 rings (SSSR count). The number of nitrogens with zero attached hydrogens (tertiary/aromatic N) is 2. The molecule has 1 aromatic carbocycles. The number of carbonyl (C=O) groups is 1. The summed E-state index contributed by atoms with van der Waals surface area (Å²) in [6, 6.07) is 6.46. The molecule has 2 heterocycles. The van der Waals surface area contributed by atoms with E-state index in [1.54, 1.807) is 19.1 Å². The molecule has 22 heavy (non-hydrogen) atoms. The molecular weight excluding hydrogens is 283 g/mol. The fourth-order valence-corrected chi connectivity index (χ4v) is 3.18. The number of oxime groups is 1. The molecule has 0 radical (unpaired) electrons. The zero-order valence-corrected chi connectivity index (χ0v) is 13.0. The molecule has 0 aromatic heterocycles. The SMILES string of the molecule is C[C@@H]1CCCCN1C(=O)[C@]1(C)CC(c2cccc(F)c2)=NO1. The van der Waals surface area contributed by atoms with Gasteiger partial charge in [0.2, 0.25) is 5.60 Å². The maximum atomic E-state index is 13.3. The van der Waals surface area contributed by atoms with E-state index in [0.717, 1.165) is 25.8 Å². The lowest BCUT2D eigenvalue weighted by molar-refractivity contribution is -0.156. The smallest absolute Gasteiger partial charge is 0.269 e. The van der Waals surface area contributed by atoms with E-state index in [9.17, 15) is 9.18 Å². The molecule has 1 saturated heterocycles. The van der Waals surface area contributed by atoms with E-state index in [-0.39, 0.29) is 17.8 Å². The Labute approximate surface area is 129 Å². The van der Waals surface area contributed by atoms with Crippen LogP contribution in [0, 0.1) is 5.82 Å². The van der Waals surface area contributed by atoms with Crippen LogP contribution in [0.2, 0.25) is 0 Å². The van der Waals surface area contributed by atoms with Crippen LogP contribution in [0.25, 0.3) is 0 Å². The molecule has 1 aromatic rings. The number of carbonyl (C=O) groups excluding carboxylic acids is 1. The van der Waals surface area contributed by atoms with Crippen LogP contribution in [-0.2, 0) is 9.63 Å². The van der Waals surface area contributed by atoms with Crippen LogP contribution in [0.5, 0.6) is 0 Å². The Kier molecular flexibility index (Phi) is 3.89. The van der Waals surface area contributed by atoms with Gasteiger partial charge in [-0.05, 0) is 45.2 Å². The van der Waals surface area contributed by atoms with Crippen molar-refractivity contribution in [1.82, 2.24) is 4.90 Å². The predicted octanol–water partition coefficient (Wildman–Crippen LogP) is 3.11. The second-order valence-electron chi connectivity index (χ2n) is 6.39. The number of piperidine rings is 1. The summed E-state index contributed by atoms with van der Waals surface area (Å²) in [5.41, 5.74) is 0.316. The summed E-state index contributed by atoms with van der Waals surface area (Å²) in [6.45, 7) is 4.62. The monoisotopic (exact) mass is 304 g/mol. The number of hydrogen-bond acceptors (Lipinski definition) is 3. The number of halogens is 1. The third-order valence-electron chi connectivity index (χ3n) is 4.54. The first kappa shape index (κ1) is 15.0. The summed E-state index contributed by atoms with van der Waals surface area (Å²) in [5.74, 6) is -0.334. The van der Waals surface area contributed by atoms with E-state index in [0.29, 0.717) is 17.7 Å². The average molecular weight is 304 g/mol. The first-order chi connectivity index (χ1) is 10.5. The molecular formula is C17H21FN2O2. The third-order valence-corrected chi connectivity index (χ3v) is 4.54.